The molecule has 0 aliphatic heterocycles. The van der Waals surface area contributed by atoms with Crippen LogP contribution in [0.5, 0.6) is 0 Å². The summed E-state index contributed by atoms with van der Waals surface area (Å²) in [6, 6.07) is 7.70. The Morgan fingerprint density at radius 3 is 2.54 bits per heavy atom. The van der Waals surface area contributed by atoms with Gasteiger partial charge < -0.3 is 0 Å². The Labute approximate surface area is 80.4 Å². The van der Waals surface area contributed by atoms with Gasteiger partial charge >= 0.3 is 0 Å². The van der Waals surface area contributed by atoms with Crippen molar-refractivity contribution in [3.8, 4) is 23.6 Å². The van der Waals surface area contributed by atoms with Gasteiger partial charge in [-0.25, -0.2) is 0 Å². The summed E-state index contributed by atoms with van der Waals surface area (Å²) in [4.78, 5) is 0. The molecule has 0 saturated heterocycles. The van der Waals surface area contributed by atoms with Gasteiger partial charge in [0.25, 0.3) is 0 Å². The third kappa shape index (κ3) is 1.58. The van der Waals surface area contributed by atoms with Crippen molar-refractivity contribution >= 4 is 11.5 Å². The molecular formula is C10H6N2S. The van der Waals surface area contributed by atoms with Crippen LogP contribution in [0.4, 0.5) is 0 Å². The van der Waals surface area contributed by atoms with Crippen LogP contribution in [0.15, 0.2) is 29.6 Å². The fraction of sp³-hybridized carbons (Fsp3) is 0. The van der Waals surface area contributed by atoms with Crippen LogP contribution in [0, 0.1) is 12.3 Å². The van der Waals surface area contributed by atoms with Crippen LogP contribution < -0.4 is 0 Å². The number of rotatable bonds is 1. The lowest BCUT2D eigenvalue weighted by Gasteiger charge is -1.94. The molecule has 0 radical (unpaired) electrons. The third-order valence-corrected chi connectivity index (χ3v) is 2.21. The second-order valence-electron chi connectivity index (χ2n) is 2.51. The highest BCUT2D eigenvalue weighted by atomic mass is 32.1. The molecule has 0 saturated carbocycles. The first-order chi connectivity index (χ1) is 6.40. The molecule has 3 heteroatoms. The Kier molecular flexibility index (Phi) is 2.07. The van der Waals surface area contributed by atoms with Gasteiger partial charge in [-0.1, -0.05) is 22.5 Å². The lowest BCUT2D eigenvalue weighted by atomic mass is 10.1. The minimum atomic E-state index is 0.881. The van der Waals surface area contributed by atoms with E-state index >= 15 is 0 Å². The summed E-state index contributed by atoms with van der Waals surface area (Å²) >= 11 is 1.34. The molecule has 0 N–H and O–H groups in total. The molecule has 13 heavy (non-hydrogen) atoms. The SMILES string of the molecule is C#Cc1ccc(-c2csnn2)cc1. The monoisotopic (exact) mass is 186 g/mol. The quantitative estimate of drug-likeness (QED) is 0.638. The average Bonchev–Trinajstić information content (AvgIpc) is 2.71. The first-order valence-corrected chi connectivity index (χ1v) is 4.58. The Hall–Kier alpha value is -1.66. The van der Waals surface area contributed by atoms with E-state index in [2.05, 4.69) is 15.5 Å². The maximum Gasteiger partial charge on any atom is 0.105 e. The second-order valence-corrected chi connectivity index (χ2v) is 3.12. The topological polar surface area (TPSA) is 25.8 Å². The lowest BCUT2D eigenvalue weighted by molar-refractivity contribution is 1.16. The van der Waals surface area contributed by atoms with E-state index in [1.807, 2.05) is 29.6 Å². The van der Waals surface area contributed by atoms with Crippen molar-refractivity contribution < 1.29 is 0 Å². The summed E-state index contributed by atoms with van der Waals surface area (Å²) in [6.07, 6.45) is 5.24. The molecule has 1 aromatic carbocycles. The smallest absolute Gasteiger partial charge is 0.105 e. The van der Waals surface area contributed by atoms with Gasteiger partial charge in [-0.15, -0.1) is 11.5 Å². The predicted octanol–water partition coefficient (Wildman–Crippen LogP) is 2.19. The minimum Gasteiger partial charge on any atom is -0.138 e. The van der Waals surface area contributed by atoms with Crippen LogP contribution in [-0.2, 0) is 0 Å². The van der Waals surface area contributed by atoms with E-state index < -0.39 is 0 Å². The van der Waals surface area contributed by atoms with Crippen LogP contribution >= 0.6 is 11.5 Å². The Balaban J connectivity index is 2.40. The van der Waals surface area contributed by atoms with E-state index in [4.69, 9.17) is 6.42 Å². The van der Waals surface area contributed by atoms with Crippen LogP contribution in [-0.4, -0.2) is 9.59 Å². The van der Waals surface area contributed by atoms with Crippen molar-refractivity contribution in [3.05, 3.63) is 35.2 Å². The summed E-state index contributed by atoms with van der Waals surface area (Å²) in [7, 11) is 0. The van der Waals surface area contributed by atoms with Crippen LogP contribution in [0.3, 0.4) is 0 Å². The molecule has 0 aliphatic carbocycles. The Morgan fingerprint density at radius 1 is 1.23 bits per heavy atom. The average molecular weight is 186 g/mol. The molecule has 0 atom stereocenters. The van der Waals surface area contributed by atoms with Gasteiger partial charge in [0.1, 0.15) is 5.69 Å². The maximum absolute atomic E-state index is 5.24. The Morgan fingerprint density at radius 2 is 2.00 bits per heavy atom. The molecule has 62 valence electrons. The highest BCUT2D eigenvalue weighted by molar-refractivity contribution is 7.03. The van der Waals surface area contributed by atoms with Crippen molar-refractivity contribution in [1.82, 2.24) is 9.59 Å². The first-order valence-electron chi connectivity index (χ1n) is 3.74. The van der Waals surface area contributed by atoms with E-state index in [9.17, 15) is 0 Å². The fourth-order valence-electron chi connectivity index (χ4n) is 1.03. The van der Waals surface area contributed by atoms with E-state index in [0.29, 0.717) is 0 Å². The molecule has 1 heterocycles. The third-order valence-electron chi connectivity index (χ3n) is 1.71. The summed E-state index contributed by atoms with van der Waals surface area (Å²) < 4.78 is 3.79. The number of terminal acetylenes is 1. The van der Waals surface area contributed by atoms with E-state index in [1.54, 1.807) is 0 Å². The molecule has 0 aliphatic rings. The van der Waals surface area contributed by atoms with Gasteiger partial charge in [0.15, 0.2) is 0 Å². The molecular weight excluding hydrogens is 180 g/mol. The van der Waals surface area contributed by atoms with E-state index in [0.717, 1.165) is 16.8 Å². The fourth-order valence-corrected chi connectivity index (χ4v) is 1.49. The summed E-state index contributed by atoms with van der Waals surface area (Å²) in [6.45, 7) is 0. The zero-order valence-corrected chi connectivity index (χ0v) is 7.58. The second kappa shape index (κ2) is 3.38. The molecule has 0 unspecified atom stereocenters. The molecule has 0 spiro atoms. The summed E-state index contributed by atoms with van der Waals surface area (Å²) in [5, 5.41) is 5.87. The Bertz CT molecular complexity index is 423. The highest BCUT2D eigenvalue weighted by Gasteiger charge is 1.99. The van der Waals surface area contributed by atoms with Gasteiger partial charge in [0, 0.05) is 16.5 Å². The lowest BCUT2D eigenvalue weighted by Crippen LogP contribution is -1.78. The number of nitrogens with zero attached hydrogens (tertiary/aromatic N) is 2. The van der Waals surface area contributed by atoms with E-state index in [1.165, 1.54) is 11.5 Å². The van der Waals surface area contributed by atoms with Crippen molar-refractivity contribution in [2.75, 3.05) is 0 Å². The number of aromatic nitrogens is 2. The normalized spacial score (nSPS) is 9.46. The molecule has 2 rings (SSSR count). The predicted molar refractivity (Wildman–Crippen MR) is 53.3 cm³/mol. The van der Waals surface area contributed by atoms with Gasteiger partial charge in [-0.05, 0) is 23.7 Å². The largest absolute Gasteiger partial charge is 0.138 e. The minimum absolute atomic E-state index is 0.881. The summed E-state index contributed by atoms with van der Waals surface area (Å²) in [5.41, 5.74) is 2.83. The van der Waals surface area contributed by atoms with Gasteiger partial charge in [-0.2, -0.15) is 0 Å². The number of hydrogen-bond donors (Lipinski definition) is 0. The molecule has 0 fully saturated rings. The zero-order chi connectivity index (χ0) is 9.10. The molecule has 0 bridgehead atoms. The standard InChI is InChI=1S/C10H6N2S/c1-2-8-3-5-9(6-4-8)10-7-13-12-11-10/h1,3-7H. The van der Waals surface area contributed by atoms with Crippen molar-refractivity contribution in [1.29, 1.82) is 0 Å². The first kappa shape index (κ1) is 7.96. The summed E-state index contributed by atoms with van der Waals surface area (Å²) in [5.74, 6) is 2.57. The van der Waals surface area contributed by atoms with E-state index in [-0.39, 0.29) is 0 Å². The van der Waals surface area contributed by atoms with Crippen molar-refractivity contribution in [2.24, 2.45) is 0 Å². The number of hydrogen-bond acceptors (Lipinski definition) is 3. The van der Waals surface area contributed by atoms with Gasteiger partial charge in [0.2, 0.25) is 0 Å². The van der Waals surface area contributed by atoms with Crippen LogP contribution in [0.1, 0.15) is 5.56 Å². The maximum atomic E-state index is 5.24. The molecule has 0 amide bonds. The molecule has 2 aromatic rings. The van der Waals surface area contributed by atoms with Gasteiger partial charge in [-0.3, -0.25) is 0 Å². The number of benzene rings is 1. The zero-order valence-electron chi connectivity index (χ0n) is 6.77. The van der Waals surface area contributed by atoms with Crippen molar-refractivity contribution in [3.63, 3.8) is 0 Å². The highest BCUT2D eigenvalue weighted by Crippen LogP contribution is 2.17. The molecule has 1 aromatic heterocycles. The van der Waals surface area contributed by atoms with Crippen LogP contribution in [0.25, 0.3) is 11.3 Å². The van der Waals surface area contributed by atoms with Crippen LogP contribution in [0.2, 0.25) is 0 Å². The molecule has 2 nitrogen and oxygen atoms in total. The van der Waals surface area contributed by atoms with Crippen molar-refractivity contribution in [2.45, 2.75) is 0 Å². The van der Waals surface area contributed by atoms with Gasteiger partial charge in [0.05, 0.1) is 0 Å².